The molecule has 4 aromatic rings. The first-order valence-corrected chi connectivity index (χ1v) is 10.1. The quantitative estimate of drug-likeness (QED) is 0.493. The lowest BCUT2D eigenvalue weighted by atomic mass is 9.84. The van der Waals surface area contributed by atoms with Gasteiger partial charge in [-0.1, -0.05) is 6.07 Å². The molecular formula is C22H24Cl2N6O. The van der Waals surface area contributed by atoms with Gasteiger partial charge in [0, 0.05) is 43.6 Å². The van der Waals surface area contributed by atoms with E-state index in [1.54, 1.807) is 12.5 Å². The average molecular weight is 459 g/mol. The maximum Gasteiger partial charge on any atom is 0.261 e. The van der Waals surface area contributed by atoms with Crippen molar-refractivity contribution >= 4 is 35.8 Å². The highest BCUT2D eigenvalue weighted by Gasteiger charge is 2.31. The first-order valence-electron chi connectivity index (χ1n) is 10.1. The molecule has 0 radical (unpaired) electrons. The predicted octanol–water partition coefficient (Wildman–Crippen LogP) is 3.19. The topological polar surface area (TPSA) is 80.5 Å². The molecule has 0 saturated carbocycles. The fourth-order valence-electron chi connectivity index (χ4n) is 4.92. The SMILES string of the molecule is Cl.Cl.O=c1c(-c2nccn2Cc2ccc3nc[nH]c3c2)ccc2n1C[C@@H]1CNC[C@H]2C1. The number of hydrogen-bond donors (Lipinski definition) is 2. The molecule has 0 spiro atoms. The minimum Gasteiger partial charge on any atom is -0.345 e. The van der Waals surface area contributed by atoms with Crippen LogP contribution >= 0.6 is 24.8 Å². The van der Waals surface area contributed by atoms with Crippen molar-refractivity contribution in [2.45, 2.75) is 25.4 Å². The van der Waals surface area contributed by atoms with Gasteiger partial charge in [-0.3, -0.25) is 4.79 Å². The molecule has 7 nitrogen and oxygen atoms in total. The molecule has 2 bridgehead atoms. The van der Waals surface area contributed by atoms with Gasteiger partial charge in [-0.15, -0.1) is 24.8 Å². The lowest BCUT2D eigenvalue weighted by Crippen LogP contribution is -2.45. The number of nitrogens with one attached hydrogen (secondary N) is 2. The zero-order valence-corrected chi connectivity index (χ0v) is 18.5. The third kappa shape index (κ3) is 3.67. The van der Waals surface area contributed by atoms with Crippen molar-refractivity contribution in [2.24, 2.45) is 5.92 Å². The molecule has 3 aromatic heterocycles. The van der Waals surface area contributed by atoms with Crippen molar-refractivity contribution in [2.75, 3.05) is 13.1 Å². The summed E-state index contributed by atoms with van der Waals surface area (Å²) in [6.45, 7) is 3.40. The first kappa shape index (κ1) is 21.6. The molecule has 2 N–H and O–H groups in total. The van der Waals surface area contributed by atoms with Gasteiger partial charge in [0.15, 0.2) is 0 Å². The number of imidazole rings is 2. The number of piperidine rings is 1. The summed E-state index contributed by atoms with van der Waals surface area (Å²) in [5.41, 5.74) is 5.01. The lowest BCUT2D eigenvalue weighted by Gasteiger charge is -2.37. The van der Waals surface area contributed by atoms with Crippen molar-refractivity contribution in [3.63, 3.8) is 0 Å². The van der Waals surface area contributed by atoms with E-state index in [0.29, 0.717) is 23.9 Å². The summed E-state index contributed by atoms with van der Waals surface area (Å²) in [5, 5.41) is 3.50. The van der Waals surface area contributed by atoms with Crippen LogP contribution < -0.4 is 10.9 Å². The van der Waals surface area contributed by atoms with E-state index in [0.717, 1.165) is 47.7 Å². The summed E-state index contributed by atoms with van der Waals surface area (Å²) < 4.78 is 4.04. The normalized spacial score (nSPS) is 19.4. The Kier molecular flexibility index (Phi) is 5.92. The van der Waals surface area contributed by atoms with Gasteiger partial charge < -0.3 is 19.4 Å². The predicted molar refractivity (Wildman–Crippen MR) is 125 cm³/mol. The van der Waals surface area contributed by atoms with Crippen LogP contribution in [0.3, 0.4) is 0 Å². The highest BCUT2D eigenvalue weighted by atomic mass is 35.5. The third-order valence-corrected chi connectivity index (χ3v) is 6.30. The van der Waals surface area contributed by atoms with Gasteiger partial charge in [0.1, 0.15) is 5.82 Å². The van der Waals surface area contributed by atoms with Crippen LogP contribution in [-0.2, 0) is 13.1 Å². The smallest absolute Gasteiger partial charge is 0.261 e. The van der Waals surface area contributed by atoms with E-state index in [1.807, 2.05) is 27.5 Å². The van der Waals surface area contributed by atoms with Gasteiger partial charge in [-0.05, 0) is 48.7 Å². The average Bonchev–Trinajstić information content (AvgIpc) is 3.38. The van der Waals surface area contributed by atoms with Crippen LogP contribution in [0.25, 0.3) is 22.4 Å². The molecule has 1 aromatic carbocycles. The van der Waals surface area contributed by atoms with Crippen LogP contribution in [0.2, 0.25) is 0 Å². The van der Waals surface area contributed by atoms with Crippen LogP contribution in [0.4, 0.5) is 0 Å². The maximum atomic E-state index is 13.4. The zero-order valence-electron chi connectivity index (χ0n) is 16.8. The molecule has 1 saturated heterocycles. The van der Waals surface area contributed by atoms with Gasteiger partial charge >= 0.3 is 0 Å². The molecule has 2 aliphatic heterocycles. The molecular weight excluding hydrogens is 435 g/mol. The van der Waals surface area contributed by atoms with Crippen molar-refractivity contribution in [3.05, 3.63) is 70.7 Å². The third-order valence-electron chi connectivity index (χ3n) is 6.30. The van der Waals surface area contributed by atoms with E-state index in [2.05, 4.69) is 38.5 Å². The van der Waals surface area contributed by atoms with E-state index in [4.69, 9.17) is 0 Å². The van der Waals surface area contributed by atoms with Crippen LogP contribution in [0.1, 0.15) is 23.6 Å². The van der Waals surface area contributed by atoms with Crippen molar-refractivity contribution in [1.29, 1.82) is 0 Å². The summed E-state index contributed by atoms with van der Waals surface area (Å²) >= 11 is 0. The molecule has 2 aliphatic rings. The summed E-state index contributed by atoms with van der Waals surface area (Å²) in [5.74, 6) is 1.70. The number of nitrogens with zero attached hydrogens (tertiary/aromatic N) is 4. The van der Waals surface area contributed by atoms with Crippen LogP contribution in [0, 0.1) is 5.92 Å². The fourth-order valence-corrected chi connectivity index (χ4v) is 4.92. The Balaban J connectivity index is 0.00000116. The summed E-state index contributed by atoms with van der Waals surface area (Å²) in [6, 6.07) is 10.3. The number of fused-ring (bicyclic) bond motifs is 5. The molecule has 5 heterocycles. The molecule has 0 unspecified atom stereocenters. The van der Waals surface area contributed by atoms with Crippen molar-refractivity contribution in [1.82, 2.24) is 29.4 Å². The highest BCUT2D eigenvalue weighted by Crippen LogP contribution is 2.32. The molecule has 0 amide bonds. The number of aromatic nitrogens is 5. The van der Waals surface area contributed by atoms with E-state index in [1.165, 1.54) is 6.42 Å². The Morgan fingerprint density at radius 1 is 1.10 bits per heavy atom. The first-order chi connectivity index (χ1) is 14.3. The second kappa shape index (κ2) is 8.49. The molecule has 2 atom stereocenters. The van der Waals surface area contributed by atoms with Gasteiger partial charge in [-0.25, -0.2) is 9.97 Å². The Morgan fingerprint density at radius 2 is 2.00 bits per heavy atom. The summed E-state index contributed by atoms with van der Waals surface area (Å²) in [7, 11) is 0. The largest absolute Gasteiger partial charge is 0.345 e. The summed E-state index contributed by atoms with van der Waals surface area (Å²) in [4.78, 5) is 25.3. The second-order valence-electron chi connectivity index (χ2n) is 8.18. The van der Waals surface area contributed by atoms with Gasteiger partial charge in [0.2, 0.25) is 0 Å². The van der Waals surface area contributed by atoms with Gasteiger partial charge in [0.05, 0.1) is 22.9 Å². The Labute approximate surface area is 191 Å². The van der Waals surface area contributed by atoms with E-state index in [9.17, 15) is 4.79 Å². The molecule has 0 aliphatic carbocycles. The molecule has 162 valence electrons. The van der Waals surface area contributed by atoms with Crippen LogP contribution in [-0.4, -0.2) is 37.2 Å². The number of halogens is 2. The van der Waals surface area contributed by atoms with Crippen molar-refractivity contribution in [3.8, 4) is 11.4 Å². The fraction of sp³-hybridized carbons (Fsp3) is 0.318. The minimum atomic E-state index is 0. The van der Waals surface area contributed by atoms with Crippen LogP contribution in [0.5, 0.6) is 0 Å². The monoisotopic (exact) mass is 458 g/mol. The van der Waals surface area contributed by atoms with Gasteiger partial charge in [0.25, 0.3) is 5.56 Å². The number of pyridine rings is 1. The molecule has 31 heavy (non-hydrogen) atoms. The highest BCUT2D eigenvalue weighted by molar-refractivity contribution is 5.85. The Morgan fingerprint density at radius 3 is 2.90 bits per heavy atom. The van der Waals surface area contributed by atoms with Crippen molar-refractivity contribution < 1.29 is 0 Å². The standard InChI is InChI=1S/C22H22N6O.2ClH/c29-22-17(2-4-20-16-7-15(9-23-10-16)12-28(20)22)21-24-5-6-27(21)11-14-1-3-18-19(8-14)26-13-25-18;;/h1-6,8,13,15-16,23H,7,9-12H2,(H,25,26);2*1H/t15-,16+;;/m0../s1. The molecule has 9 heteroatoms. The Bertz CT molecular complexity index is 1280. The van der Waals surface area contributed by atoms with E-state index >= 15 is 0 Å². The number of aromatic amines is 1. The number of H-pyrrole nitrogens is 1. The maximum absolute atomic E-state index is 13.4. The number of rotatable bonds is 3. The Hall–Kier alpha value is -2.61. The van der Waals surface area contributed by atoms with Gasteiger partial charge in [-0.2, -0.15) is 0 Å². The summed E-state index contributed by atoms with van der Waals surface area (Å²) in [6.07, 6.45) is 6.59. The number of hydrogen-bond acceptors (Lipinski definition) is 4. The van der Waals surface area contributed by atoms with E-state index < -0.39 is 0 Å². The number of benzene rings is 1. The lowest BCUT2D eigenvalue weighted by molar-refractivity contribution is 0.257. The minimum absolute atomic E-state index is 0. The van der Waals surface area contributed by atoms with E-state index in [-0.39, 0.29) is 30.4 Å². The molecule has 1 fully saturated rings. The molecule has 6 rings (SSSR count). The van der Waals surface area contributed by atoms with Crippen LogP contribution in [0.15, 0.2) is 53.8 Å². The second-order valence-corrected chi connectivity index (χ2v) is 8.18. The zero-order chi connectivity index (χ0) is 19.4.